The third kappa shape index (κ3) is 3.70. The van der Waals surface area contributed by atoms with Crippen LogP contribution in [0, 0.1) is 16.0 Å². The van der Waals surface area contributed by atoms with E-state index < -0.39 is 6.10 Å². The van der Waals surface area contributed by atoms with Gasteiger partial charge in [0.15, 0.2) is 0 Å². The van der Waals surface area contributed by atoms with Crippen LogP contribution in [0.15, 0.2) is 23.1 Å². The molecular weight excluding hydrogens is 262 g/mol. The molecule has 0 saturated heterocycles. The van der Waals surface area contributed by atoms with E-state index in [4.69, 9.17) is 0 Å². The Morgan fingerprint density at radius 1 is 1.47 bits per heavy atom. The van der Waals surface area contributed by atoms with Crippen LogP contribution in [-0.4, -0.2) is 15.8 Å². The molecule has 104 valence electrons. The standard InChI is InChI=1S/C14H19NO3S/c1-10(16)12-6-7-14(13(8-12)15(17)18)19-9-11-4-2-3-5-11/h6-8,10-11,16H,2-5,9H2,1H3/t10-/m0/s1. The lowest BCUT2D eigenvalue weighted by Gasteiger charge is -2.10. The zero-order chi connectivity index (χ0) is 13.8. The predicted octanol–water partition coefficient (Wildman–Crippen LogP) is 3.93. The van der Waals surface area contributed by atoms with Gasteiger partial charge in [0.25, 0.3) is 5.69 Å². The molecule has 5 heteroatoms. The minimum absolute atomic E-state index is 0.112. The first-order valence-electron chi connectivity index (χ1n) is 6.67. The van der Waals surface area contributed by atoms with Gasteiger partial charge in [0, 0.05) is 11.8 Å². The zero-order valence-corrected chi connectivity index (χ0v) is 11.9. The molecular formula is C14H19NO3S. The number of hydrogen-bond donors (Lipinski definition) is 1. The van der Waals surface area contributed by atoms with Gasteiger partial charge in [-0.3, -0.25) is 10.1 Å². The summed E-state index contributed by atoms with van der Waals surface area (Å²) in [6, 6.07) is 5.02. The largest absolute Gasteiger partial charge is 0.389 e. The summed E-state index contributed by atoms with van der Waals surface area (Å²) >= 11 is 1.57. The Hall–Kier alpha value is -1.07. The lowest BCUT2D eigenvalue weighted by molar-refractivity contribution is -0.387. The van der Waals surface area contributed by atoms with Crippen LogP contribution in [0.5, 0.6) is 0 Å². The molecule has 19 heavy (non-hydrogen) atoms. The zero-order valence-electron chi connectivity index (χ0n) is 11.0. The Morgan fingerprint density at radius 2 is 2.16 bits per heavy atom. The first-order valence-corrected chi connectivity index (χ1v) is 7.65. The van der Waals surface area contributed by atoms with Gasteiger partial charge in [-0.05, 0) is 37.3 Å². The summed E-state index contributed by atoms with van der Waals surface area (Å²) in [7, 11) is 0. The molecule has 1 aliphatic carbocycles. The molecule has 1 saturated carbocycles. The van der Waals surface area contributed by atoms with Crippen molar-refractivity contribution in [3.8, 4) is 0 Å². The van der Waals surface area contributed by atoms with E-state index in [9.17, 15) is 15.2 Å². The van der Waals surface area contributed by atoms with Crippen molar-refractivity contribution in [1.82, 2.24) is 0 Å². The minimum Gasteiger partial charge on any atom is -0.389 e. The fraction of sp³-hybridized carbons (Fsp3) is 0.571. The van der Waals surface area contributed by atoms with Gasteiger partial charge >= 0.3 is 0 Å². The Labute approximate surface area is 117 Å². The molecule has 0 aromatic heterocycles. The second-order valence-electron chi connectivity index (χ2n) is 5.12. The molecule has 1 aromatic rings. The third-order valence-corrected chi connectivity index (χ3v) is 4.91. The average molecular weight is 281 g/mol. The molecule has 1 atom stereocenters. The topological polar surface area (TPSA) is 63.4 Å². The minimum atomic E-state index is -0.674. The maximum absolute atomic E-state index is 11.1. The number of aliphatic hydroxyl groups is 1. The summed E-state index contributed by atoms with van der Waals surface area (Å²) in [6.07, 6.45) is 4.38. The molecule has 0 spiro atoms. The quantitative estimate of drug-likeness (QED) is 0.504. The third-order valence-electron chi connectivity index (χ3n) is 3.61. The molecule has 0 amide bonds. The Bertz CT molecular complexity index is 456. The van der Waals surface area contributed by atoms with E-state index in [-0.39, 0.29) is 10.6 Å². The highest BCUT2D eigenvalue weighted by Gasteiger charge is 2.20. The first kappa shape index (κ1) is 14.3. The summed E-state index contributed by atoms with van der Waals surface area (Å²) in [4.78, 5) is 11.5. The second kappa shape index (κ2) is 6.39. The summed E-state index contributed by atoms with van der Waals surface area (Å²) < 4.78 is 0. The summed E-state index contributed by atoms with van der Waals surface area (Å²) in [5.41, 5.74) is 0.707. The Morgan fingerprint density at radius 3 is 2.74 bits per heavy atom. The van der Waals surface area contributed by atoms with Gasteiger partial charge in [0.05, 0.1) is 15.9 Å². The lowest BCUT2D eigenvalue weighted by atomic mass is 10.1. The van der Waals surface area contributed by atoms with Crippen molar-refractivity contribution < 1.29 is 10.0 Å². The van der Waals surface area contributed by atoms with Crippen molar-refractivity contribution in [2.24, 2.45) is 5.92 Å². The molecule has 1 fully saturated rings. The van der Waals surface area contributed by atoms with Gasteiger partial charge < -0.3 is 5.11 Å². The maximum atomic E-state index is 11.1. The molecule has 0 unspecified atom stereocenters. The van der Waals surface area contributed by atoms with Crippen LogP contribution in [0.3, 0.4) is 0 Å². The molecule has 0 aliphatic heterocycles. The van der Waals surface area contributed by atoms with E-state index >= 15 is 0 Å². The van der Waals surface area contributed by atoms with E-state index in [2.05, 4.69) is 0 Å². The molecule has 1 aliphatic rings. The highest BCUT2D eigenvalue weighted by Crippen LogP contribution is 2.36. The van der Waals surface area contributed by atoms with E-state index in [1.165, 1.54) is 31.7 Å². The van der Waals surface area contributed by atoms with Crippen LogP contribution in [0.2, 0.25) is 0 Å². The van der Waals surface area contributed by atoms with Crippen LogP contribution in [-0.2, 0) is 0 Å². The van der Waals surface area contributed by atoms with Crippen molar-refractivity contribution in [2.45, 2.75) is 43.6 Å². The van der Waals surface area contributed by atoms with E-state index in [0.29, 0.717) is 16.4 Å². The molecule has 0 bridgehead atoms. The lowest BCUT2D eigenvalue weighted by Crippen LogP contribution is -1.99. The normalized spacial score (nSPS) is 17.6. The van der Waals surface area contributed by atoms with Gasteiger partial charge in [-0.15, -0.1) is 11.8 Å². The number of thioether (sulfide) groups is 1. The Balaban J connectivity index is 2.11. The van der Waals surface area contributed by atoms with Crippen molar-refractivity contribution in [3.05, 3.63) is 33.9 Å². The van der Waals surface area contributed by atoms with E-state index in [1.54, 1.807) is 30.8 Å². The maximum Gasteiger partial charge on any atom is 0.283 e. The Kier molecular flexibility index (Phi) is 4.82. The summed E-state index contributed by atoms with van der Waals surface area (Å²) in [5.74, 6) is 1.65. The smallest absolute Gasteiger partial charge is 0.283 e. The van der Waals surface area contributed by atoms with Gasteiger partial charge in [0.1, 0.15) is 0 Å². The second-order valence-corrected chi connectivity index (χ2v) is 6.18. The molecule has 1 aromatic carbocycles. The average Bonchev–Trinajstić information content (AvgIpc) is 2.89. The van der Waals surface area contributed by atoms with Crippen molar-refractivity contribution >= 4 is 17.4 Å². The number of hydrogen-bond acceptors (Lipinski definition) is 4. The number of aliphatic hydroxyl groups excluding tert-OH is 1. The van der Waals surface area contributed by atoms with Crippen LogP contribution in [0.4, 0.5) is 5.69 Å². The van der Waals surface area contributed by atoms with Crippen LogP contribution in [0.25, 0.3) is 0 Å². The molecule has 0 radical (unpaired) electrons. The fourth-order valence-electron chi connectivity index (χ4n) is 2.44. The first-order chi connectivity index (χ1) is 9.08. The van der Waals surface area contributed by atoms with Gasteiger partial charge in [0.2, 0.25) is 0 Å². The fourth-order valence-corrected chi connectivity index (χ4v) is 3.64. The monoisotopic (exact) mass is 281 g/mol. The number of nitro benzene ring substituents is 1. The van der Waals surface area contributed by atoms with Gasteiger partial charge in [-0.2, -0.15) is 0 Å². The SMILES string of the molecule is C[C@H](O)c1ccc(SCC2CCCC2)c([N+](=O)[O-])c1. The predicted molar refractivity (Wildman–Crippen MR) is 76.4 cm³/mol. The van der Waals surface area contributed by atoms with Crippen LogP contribution in [0.1, 0.15) is 44.3 Å². The van der Waals surface area contributed by atoms with Crippen molar-refractivity contribution in [2.75, 3.05) is 5.75 Å². The van der Waals surface area contributed by atoms with Crippen molar-refractivity contribution in [3.63, 3.8) is 0 Å². The van der Waals surface area contributed by atoms with Crippen LogP contribution >= 0.6 is 11.8 Å². The van der Waals surface area contributed by atoms with Gasteiger partial charge in [-0.1, -0.05) is 18.9 Å². The van der Waals surface area contributed by atoms with E-state index in [1.807, 2.05) is 0 Å². The number of rotatable bonds is 5. The number of benzene rings is 1. The molecule has 1 N–H and O–H groups in total. The summed E-state index contributed by atoms with van der Waals surface area (Å²) in [6.45, 7) is 1.62. The summed E-state index contributed by atoms with van der Waals surface area (Å²) in [5, 5.41) is 20.6. The van der Waals surface area contributed by atoms with Gasteiger partial charge in [-0.25, -0.2) is 0 Å². The highest BCUT2D eigenvalue weighted by molar-refractivity contribution is 7.99. The number of nitrogens with zero attached hydrogens (tertiary/aromatic N) is 1. The van der Waals surface area contributed by atoms with Crippen LogP contribution < -0.4 is 0 Å². The highest BCUT2D eigenvalue weighted by atomic mass is 32.2. The molecule has 0 heterocycles. The van der Waals surface area contributed by atoms with E-state index in [0.717, 1.165) is 5.75 Å². The number of nitro groups is 1. The molecule has 2 rings (SSSR count). The van der Waals surface area contributed by atoms with Crippen molar-refractivity contribution in [1.29, 1.82) is 0 Å². The molecule has 4 nitrogen and oxygen atoms in total.